The molecule has 1 aliphatic heterocycles. The quantitative estimate of drug-likeness (QED) is 0.662. The lowest BCUT2D eigenvalue weighted by atomic mass is 9.89. The molecule has 4 N–H and O–H groups in total. The van der Waals surface area contributed by atoms with Gasteiger partial charge in [-0.3, -0.25) is 5.01 Å². The van der Waals surface area contributed by atoms with Crippen LogP contribution in [0.4, 0.5) is 5.69 Å². The standard InChI is InChI=1S/C11H17N3/c1-3-9-8-6-4-5-7-10(8)14(13)11(9,2)12/h4-7,9H,3,12-13H2,1-2H3. The molecular weight excluding hydrogens is 174 g/mol. The number of nitrogens with two attached hydrogens (primary N) is 2. The van der Waals surface area contributed by atoms with Gasteiger partial charge in [-0.1, -0.05) is 25.1 Å². The maximum absolute atomic E-state index is 6.23. The third-order valence-corrected chi connectivity index (χ3v) is 3.20. The van der Waals surface area contributed by atoms with Crippen molar-refractivity contribution in [3.05, 3.63) is 29.8 Å². The first-order valence-corrected chi connectivity index (χ1v) is 5.01. The van der Waals surface area contributed by atoms with E-state index in [1.54, 1.807) is 5.01 Å². The van der Waals surface area contributed by atoms with Crippen LogP contribution in [-0.4, -0.2) is 5.66 Å². The van der Waals surface area contributed by atoms with Crippen LogP contribution in [0, 0.1) is 0 Å². The van der Waals surface area contributed by atoms with E-state index >= 15 is 0 Å². The van der Waals surface area contributed by atoms with E-state index in [1.165, 1.54) is 5.56 Å². The Morgan fingerprint density at radius 2 is 2.07 bits per heavy atom. The molecule has 1 aromatic carbocycles. The normalized spacial score (nSPS) is 30.6. The fourth-order valence-electron chi connectivity index (χ4n) is 2.38. The monoisotopic (exact) mass is 191 g/mol. The van der Waals surface area contributed by atoms with Crippen molar-refractivity contribution >= 4 is 5.69 Å². The van der Waals surface area contributed by atoms with Crippen LogP contribution in [0.25, 0.3) is 0 Å². The number of fused-ring (bicyclic) bond motifs is 1. The lowest BCUT2D eigenvalue weighted by molar-refractivity contribution is 0.378. The molecule has 14 heavy (non-hydrogen) atoms. The highest BCUT2D eigenvalue weighted by atomic mass is 15.5. The third-order valence-electron chi connectivity index (χ3n) is 3.20. The number of hydrogen-bond acceptors (Lipinski definition) is 3. The average Bonchev–Trinajstić information content (AvgIpc) is 2.36. The maximum atomic E-state index is 6.23. The van der Waals surface area contributed by atoms with Gasteiger partial charge in [-0.2, -0.15) is 0 Å². The van der Waals surface area contributed by atoms with Crippen molar-refractivity contribution in [2.45, 2.75) is 31.8 Å². The first kappa shape index (κ1) is 9.49. The van der Waals surface area contributed by atoms with Crippen molar-refractivity contribution in [1.29, 1.82) is 0 Å². The molecule has 0 saturated heterocycles. The van der Waals surface area contributed by atoms with Gasteiger partial charge in [0, 0.05) is 5.92 Å². The summed E-state index contributed by atoms with van der Waals surface area (Å²) in [6.45, 7) is 4.13. The van der Waals surface area contributed by atoms with Crippen molar-refractivity contribution < 1.29 is 0 Å². The largest absolute Gasteiger partial charge is 0.307 e. The minimum absolute atomic E-state index is 0.323. The second-order valence-electron chi connectivity index (χ2n) is 4.12. The van der Waals surface area contributed by atoms with Gasteiger partial charge in [0.25, 0.3) is 0 Å². The van der Waals surface area contributed by atoms with Gasteiger partial charge < -0.3 is 5.73 Å². The summed E-state index contributed by atoms with van der Waals surface area (Å²) in [6.07, 6.45) is 1.01. The van der Waals surface area contributed by atoms with Gasteiger partial charge in [0.1, 0.15) is 5.66 Å². The lowest BCUT2D eigenvalue weighted by Crippen LogP contribution is -2.57. The zero-order valence-electron chi connectivity index (χ0n) is 8.70. The number of benzene rings is 1. The third kappa shape index (κ3) is 1.06. The molecule has 0 amide bonds. The summed E-state index contributed by atoms with van der Waals surface area (Å²) in [5.41, 5.74) is 8.09. The number of para-hydroxylation sites is 1. The fourth-order valence-corrected chi connectivity index (χ4v) is 2.38. The minimum Gasteiger partial charge on any atom is -0.307 e. The van der Waals surface area contributed by atoms with Crippen LogP contribution in [0.3, 0.4) is 0 Å². The molecular formula is C11H17N3. The topological polar surface area (TPSA) is 55.3 Å². The summed E-state index contributed by atoms with van der Waals surface area (Å²) in [5, 5.41) is 1.69. The highest BCUT2D eigenvalue weighted by molar-refractivity contribution is 5.62. The molecule has 2 atom stereocenters. The summed E-state index contributed by atoms with van der Waals surface area (Å²) < 4.78 is 0. The molecule has 1 aliphatic rings. The number of anilines is 1. The maximum Gasteiger partial charge on any atom is 0.107 e. The van der Waals surface area contributed by atoms with Crippen LogP contribution < -0.4 is 16.6 Å². The Hall–Kier alpha value is -1.06. The van der Waals surface area contributed by atoms with Crippen molar-refractivity contribution in [2.24, 2.45) is 11.6 Å². The summed E-state index contributed by atoms with van der Waals surface area (Å²) in [6, 6.07) is 8.17. The van der Waals surface area contributed by atoms with Gasteiger partial charge in [-0.05, 0) is 25.0 Å². The molecule has 2 unspecified atom stereocenters. The van der Waals surface area contributed by atoms with Gasteiger partial charge >= 0.3 is 0 Å². The van der Waals surface area contributed by atoms with Crippen LogP contribution in [0.5, 0.6) is 0 Å². The first-order valence-electron chi connectivity index (χ1n) is 5.01. The highest BCUT2D eigenvalue weighted by Crippen LogP contribution is 2.44. The van der Waals surface area contributed by atoms with E-state index in [9.17, 15) is 0 Å². The molecule has 1 heterocycles. The summed E-state index contributed by atoms with van der Waals surface area (Å²) in [4.78, 5) is 0. The van der Waals surface area contributed by atoms with Crippen LogP contribution in [0.1, 0.15) is 31.7 Å². The minimum atomic E-state index is -0.460. The Kier molecular flexibility index (Phi) is 2.01. The van der Waals surface area contributed by atoms with E-state index in [0.717, 1.165) is 12.1 Å². The van der Waals surface area contributed by atoms with Crippen molar-refractivity contribution in [2.75, 3.05) is 5.01 Å². The zero-order valence-corrected chi connectivity index (χ0v) is 8.70. The average molecular weight is 191 g/mol. The van der Waals surface area contributed by atoms with E-state index in [2.05, 4.69) is 13.0 Å². The Labute approximate surface area is 84.7 Å². The Morgan fingerprint density at radius 1 is 1.43 bits per heavy atom. The molecule has 1 aromatic rings. The molecule has 0 aromatic heterocycles. The molecule has 0 fully saturated rings. The van der Waals surface area contributed by atoms with E-state index in [4.69, 9.17) is 11.6 Å². The first-order chi connectivity index (χ1) is 6.59. The molecule has 0 saturated carbocycles. The van der Waals surface area contributed by atoms with E-state index in [0.29, 0.717) is 5.92 Å². The SMILES string of the molecule is CCC1c2ccccc2N(N)C1(C)N. The van der Waals surface area contributed by atoms with Crippen LogP contribution >= 0.6 is 0 Å². The molecule has 76 valence electrons. The number of hydrogen-bond donors (Lipinski definition) is 2. The van der Waals surface area contributed by atoms with E-state index in [-0.39, 0.29) is 0 Å². The van der Waals surface area contributed by atoms with Crippen molar-refractivity contribution in [3.8, 4) is 0 Å². The van der Waals surface area contributed by atoms with Gasteiger partial charge in [0.2, 0.25) is 0 Å². The predicted molar refractivity (Wildman–Crippen MR) is 58.7 cm³/mol. The molecule has 0 aliphatic carbocycles. The smallest absolute Gasteiger partial charge is 0.107 e. The van der Waals surface area contributed by atoms with Gasteiger partial charge in [-0.25, -0.2) is 5.84 Å². The summed E-state index contributed by atoms with van der Waals surface area (Å²) in [7, 11) is 0. The fraction of sp³-hybridized carbons (Fsp3) is 0.455. The van der Waals surface area contributed by atoms with Gasteiger partial charge in [0.15, 0.2) is 0 Å². The van der Waals surface area contributed by atoms with E-state index < -0.39 is 5.66 Å². The molecule has 0 bridgehead atoms. The molecule has 3 nitrogen and oxygen atoms in total. The Morgan fingerprint density at radius 3 is 2.71 bits per heavy atom. The van der Waals surface area contributed by atoms with Crippen LogP contribution in [0.2, 0.25) is 0 Å². The number of nitrogens with zero attached hydrogens (tertiary/aromatic N) is 1. The van der Waals surface area contributed by atoms with Gasteiger partial charge in [-0.15, -0.1) is 0 Å². The van der Waals surface area contributed by atoms with Crippen molar-refractivity contribution in [1.82, 2.24) is 0 Å². The molecule has 0 radical (unpaired) electrons. The highest BCUT2D eigenvalue weighted by Gasteiger charge is 2.42. The summed E-state index contributed by atoms with van der Waals surface area (Å²) in [5.74, 6) is 6.32. The zero-order chi connectivity index (χ0) is 10.3. The lowest BCUT2D eigenvalue weighted by Gasteiger charge is -2.33. The van der Waals surface area contributed by atoms with Crippen molar-refractivity contribution in [3.63, 3.8) is 0 Å². The Bertz CT molecular complexity index is 346. The molecule has 3 heteroatoms. The number of rotatable bonds is 1. The van der Waals surface area contributed by atoms with Gasteiger partial charge in [0.05, 0.1) is 5.69 Å². The van der Waals surface area contributed by atoms with E-state index in [1.807, 2.05) is 25.1 Å². The second-order valence-corrected chi connectivity index (χ2v) is 4.12. The van der Waals surface area contributed by atoms with Crippen LogP contribution in [0.15, 0.2) is 24.3 Å². The molecule has 2 rings (SSSR count). The molecule has 0 spiro atoms. The number of hydrazine groups is 1. The van der Waals surface area contributed by atoms with Crippen LogP contribution in [-0.2, 0) is 0 Å². The summed E-state index contributed by atoms with van der Waals surface area (Å²) >= 11 is 0. The predicted octanol–water partition coefficient (Wildman–Crippen LogP) is 1.55. The Balaban J connectivity index is 2.55. The second kappa shape index (κ2) is 2.97.